The molecule has 0 fully saturated rings. The largest absolute Gasteiger partial charge is 0.0928 e. The van der Waals surface area contributed by atoms with Gasteiger partial charge in [0.05, 0.1) is 0 Å². The summed E-state index contributed by atoms with van der Waals surface area (Å²) in [6.07, 6.45) is 9.84. The molecule has 74 valence electrons. The average molecular weight is 235 g/mol. The van der Waals surface area contributed by atoms with E-state index >= 15 is 0 Å². The van der Waals surface area contributed by atoms with Crippen LogP contribution in [0.15, 0.2) is 0 Å². The Morgan fingerprint density at radius 1 is 1.00 bits per heavy atom. The standard InChI is InChI=1S/C11H23Br/c1-3-4-5-6-8-11(2)9-7-10-12/h11H,3-10H2,1-2H3. The average Bonchev–Trinajstić information content (AvgIpc) is 2.09. The van der Waals surface area contributed by atoms with E-state index in [1.165, 1.54) is 50.3 Å². The molecule has 1 unspecified atom stereocenters. The Morgan fingerprint density at radius 3 is 2.25 bits per heavy atom. The SMILES string of the molecule is CCCCCCC(C)CCCBr. The van der Waals surface area contributed by atoms with Crippen LogP contribution in [0.3, 0.4) is 0 Å². The van der Waals surface area contributed by atoms with E-state index in [1.807, 2.05) is 0 Å². The molecule has 0 aliphatic rings. The van der Waals surface area contributed by atoms with Crippen molar-refractivity contribution < 1.29 is 0 Å². The molecule has 0 aliphatic carbocycles. The highest BCUT2D eigenvalue weighted by Crippen LogP contribution is 2.15. The number of unbranched alkanes of at least 4 members (excludes halogenated alkanes) is 3. The van der Waals surface area contributed by atoms with Crippen molar-refractivity contribution in [3.05, 3.63) is 0 Å². The van der Waals surface area contributed by atoms with Crippen LogP contribution in [0.5, 0.6) is 0 Å². The lowest BCUT2D eigenvalue weighted by atomic mass is 9.98. The van der Waals surface area contributed by atoms with Crippen LogP contribution in [0.2, 0.25) is 0 Å². The smallest absolute Gasteiger partial charge is 0.00314 e. The lowest BCUT2D eigenvalue weighted by Gasteiger charge is -2.09. The fraction of sp³-hybridized carbons (Fsp3) is 1.00. The Labute approximate surface area is 86.3 Å². The molecule has 0 saturated heterocycles. The van der Waals surface area contributed by atoms with Gasteiger partial charge in [0.25, 0.3) is 0 Å². The van der Waals surface area contributed by atoms with E-state index in [4.69, 9.17) is 0 Å². The topological polar surface area (TPSA) is 0 Å². The Morgan fingerprint density at radius 2 is 1.67 bits per heavy atom. The zero-order valence-electron chi connectivity index (χ0n) is 8.61. The van der Waals surface area contributed by atoms with Gasteiger partial charge in [-0.15, -0.1) is 0 Å². The van der Waals surface area contributed by atoms with Crippen molar-refractivity contribution in [3.63, 3.8) is 0 Å². The van der Waals surface area contributed by atoms with E-state index in [9.17, 15) is 0 Å². The van der Waals surface area contributed by atoms with Crippen LogP contribution in [-0.2, 0) is 0 Å². The first kappa shape index (κ1) is 12.5. The summed E-state index contributed by atoms with van der Waals surface area (Å²) >= 11 is 3.47. The lowest BCUT2D eigenvalue weighted by Crippen LogP contribution is -1.95. The summed E-state index contributed by atoms with van der Waals surface area (Å²) in [6.45, 7) is 4.66. The van der Waals surface area contributed by atoms with Crippen molar-refractivity contribution in [1.82, 2.24) is 0 Å². The van der Waals surface area contributed by atoms with E-state index in [0.717, 1.165) is 5.92 Å². The van der Waals surface area contributed by atoms with Crippen LogP contribution in [0.4, 0.5) is 0 Å². The summed E-state index contributed by atoms with van der Waals surface area (Å²) in [6, 6.07) is 0. The molecule has 0 aliphatic heterocycles. The molecule has 0 aromatic rings. The third kappa shape index (κ3) is 8.58. The van der Waals surface area contributed by atoms with Gasteiger partial charge in [-0.1, -0.05) is 61.9 Å². The maximum absolute atomic E-state index is 3.47. The van der Waals surface area contributed by atoms with E-state index in [-0.39, 0.29) is 0 Å². The minimum absolute atomic E-state index is 0.944. The molecule has 0 N–H and O–H groups in total. The van der Waals surface area contributed by atoms with Crippen LogP contribution in [-0.4, -0.2) is 5.33 Å². The van der Waals surface area contributed by atoms with E-state index < -0.39 is 0 Å². The highest BCUT2D eigenvalue weighted by atomic mass is 79.9. The highest BCUT2D eigenvalue weighted by Gasteiger charge is 2.00. The second-order valence-corrected chi connectivity index (χ2v) is 4.58. The minimum Gasteiger partial charge on any atom is -0.0928 e. The monoisotopic (exact) mass is 234 g/mol. The van der Waals surface area contributed by atoms with Gasteiger partial charge in [0.1, 0.15) is 0 Å². The third-order valence-electron chi connectivity index (χ3n) is 2.38. The summed E-state index contributed by atoms with van der Waals surface area (Å²) in [5, 5.41) is 1.17. The third-order valence-corrected chi connectivity index (χ3v) is 2.94. The predicted octanol–water partition coefficient (Wildman–Crippen LogP) is 4.77. The number of halogens is 1. The van der Waals surface area contributed by atoms with Gasteiger partial charge in [-0.25, -0.2) is 0 Å². The Balaban J connectivity index is 3.02. The normalized spacial score (nSPS) is 13.2. The molecule has 0 amide bonds. The van der Waals surface area contributed by atoms with Gasteiger partial charge < -0.3 is 0 Å². The first-order valence-electron chi connectivity index (χ1n) is 5.37. The van der Waals surface area contributed by atoms with E-state index in [1.54, 1.807) is 0 Å². The van der Waals surface area contributed by atoms with Gasteiger partial charge in [0, 0.05) is 5.33 Å². The van der Waals surface area contributed by atoms with Gasteiger partial charge in [-0.05, 0) is 18.8 Å². The number of alkyl halides is 1. The highest BCUT2D eigenvalue weighted by molar-refractivity contribution is 9.09. The number of hydrogen-bond donors (Lipinski definition) is 0. The molecule has 1 atom stereocenters. The van der Waals surface area contributed by atoms with Crippen molar-refractivity contribution in [2.45, 2.75) is 58.8 Å². The first-order chi connectivity index (χ1) is 5.81. The van der Waals surface area contributed by atoms with Crippen molar-refractivity contribution in [2.75, 3.05) is 5.33 Å². The molecular weight excluding hydrogens is 212 g/mol. The molecule has 0 aromatic heterocycles. The van der Waals surface area contributed by atoms with Gasteiger partial charge in [-0.2, -0.15) is 0 Å². The molecule has 0 nitrogen and oxygen atoms in total. The molecule has 0 heterocycles. The van der Waals surface area contributed by atoms with Gasteiger partial charge in [0.15, 0.2) is 0 Å². The molecule has 0 radical (unpaired) electrons. The Kier molecular flexibility index (Phi) is 9.95. The van der Waals surface area contributed by atoms with Crippen molar-refractivity contribution in [1.29, 1.82) is 0 Å². The lowest BCUT2D eigenvalue weighted by molar-refractivity contribution is 0.457. The summed E-state index contributed by atoms with van der Waals surface area (Å²) in [7, 11) is 0. The van der Waals surface area contributed by atoms with Gasteiger partial charge >= 0.3 is 0 Å². The summed E-state index contributed by atoms with van der Waals surface area (Å²) < 4.78 is 0. The molecular formula is C11H23Br. The van der Waals surface area contributed by atoms with Crippen molar-refractivity contribution in [2.24, 2.45) is 5.92 Å². The molecule has 1 heteroatoms. The fourth-order valence-corrected chi connectivity index (χ4v) is 1.81. The second-order valence-electron chi connectivity index (χ2n) is 3.79. The molecule has 12 heavy (non-hydrogen) atoms. The molecule has 0 aromatic carbocycles. The predicted molar refractivity (Wildman–Crippen MR) is 61.0 cm³/mol. The van der Waals surface area contributed by atoms with Gasteiger partial charge in [-0.3, -0.25) is 0 Å². The van der Waals surface area contributed by atoms with Crippen LogP contribution >= 0.6 is 15.9 Å². The number of hydrogen-bond acceptors (Lipinski definition) is 0. The second kappa shape index (κ2) is 9.57. The molecule has 0 rings (SSSR count). The summed E-state index contributed by atoms with van der Waals surface area (Å²) in [5.41, 5.74) is 0. The number of rotatable bonds is 8. The first-order valence-corrected chi connectivity index (χ1v) is 6.49. The fourth-order valence-electron chi connectivity index (χ4n) is 1.49. The van der Waals surface area contributed by atoms with Crippen LogP contribution in [0.1, 0.15) is 58.8 Å². The molecule has 0 bridgehead atoms. The van der Waals surface area contributed by atoms with Crippen molar-refractivity contribution in [3.8, 4) is 0 Å². The van der Waals surface area contributed by atoms with E-state index in [2.05, 4.69) is 29.8 Å². The zero-order chi connectivity index (χ0) is 9.23. The zero-order valence-corrected chi connectivity index (χ0v) is 10.2. The minimum atomic E-state index is 0.944. The maximum Gasteiger partial charge on any atom is 0.00314 e. The van der Waals surface area contributed by atoms with Gasteiger partial charge in [0.2, 0.25) is 0 Å². The quantitative estimate of drug-likeness (QED) is 0.420. The Bertz CT molecular complexity index is 81.1. The molecule has 0 spiro atoms. The van der Waals surface area contributed by atoms with Crippen molar-refractivity contribution >= 4 is 15.9 Å². The van der Waals surface area contributed by atoms with Crippen LogP contribution in [0, 0.1) is 5.92 Å². The van der Waals surface area contributed by atoms with Crippen LogP contribution in [0.25, 0.3) is 0 Å². The van der Waals surface area contributed by atoms with E-state index in [0.29, 0.717) is 0 Å². The van der Waals surface area contributed by atoms with Crippen LogP contribution < -0.4 is 0 Å². The summed E-state index contributed by atoms with van der Waals surface area (Å²) in [4.78, 5) is 0. The summed E-state index contributed by atoms with van der Waals surface area (Å²) in [5.74, 6) is 0.944. The maximum atomic E-state index is 3.47. The Hall–Kier alpha value is 0.480. The molecule has 0 saturated carbocycles.